The van der Waals surface area contributed by atoms with Crippen LogP contribution in [0.5, 0.6) is 5.75 Å². The lowest BCUT2D eigenvalue weighted by Gasteiger charge is -2.35. The third-order valence-corrected chi connectivity index (χ3v) is 6.41. The summed E-state index contributed by atoms with van der Waals surface area (Å²) in [6.07, 6.45) is 5.93. The van der Waals surface area contributed by atoms with E-state index in [9.17, 15) is 14.7 Å². The fraction of sp³-hybridized carbons (Fsp3) is 0.407. The van der Waals surface area contributed by atoms with Gasteiger partial charge in [-0.25, -0.2) is 0 Å². The first-order chi connectivity index (χ1) is 15.5. The zero-order chi connectivity index (χ0) is 22.7. The van der Waals surface area contributed by atoms with Crippen LogP contribution in [0.25, 0.3) is 5.76 Å². The number of hydrogen-bond acceptors (Lipinski definition) is 4. The molecule has 1 saturated heterocycles. The van der Waals surface area contributed by atoms with Gasteiger partial charge in [0.25, 0.3) is 11.7 Å². The number of aryl methyl sites for hydroxylation is 1. The van der Waals surface area contributed by atoms with Gasteiger partial charge in [-0.3, -0.25) is 9.59 Å². The Hall–Kier alpha value is -3.08. The maximum Gasteiger partial charge on any atom is 0.295 e. The number of amides is 1. The molecule has 0 bridgehead atoms. The summed E-state index contributed by atoms with van der Waals surface area (Å²) in [7, 11) is 0. The van der Waals surface area contributed by atoms with Crippen molar-refractivity contribution in [1.82, 2.24) is 4.90 Å². The van der Waals surface area contributed by atoms with Crippen LogP contribution in [0.3, 0.4) is 0 Å². The van der Waals surface area contributed by atoms with Crippen LogP contribution >= 0.6 is 0 Å². The van der Waals surface area contributed by atoms with Gasteiger partial charge in [0.1, 0.15) is 11.5 Å². The van der Waals surface area contributed by atoms with Gasteiger partial charge in [-0.2, -0.15) is 0 Å². The summed E-state index contributed by atoms with van der Waals surface area (Å²) in [5.74, 6) is -0.532. The summed E-state index contributed by atoms with van der Waals surface area (Å²) in [6.45, 7) is 4.65. The van der Waals surface area contributed by atoms with Gasteiger partial charge in [-0.15, -0.1) is 0 Å². The minimum atomic E-state index is -0.606. The Balaban J connectivity index is 1.78. The fourth-order valence-corrected chi connectivity index (χ4v) is 4.84. The van der Waals surface area contributed by atoms with E-state index in [-0.39, 0.29) is 17.4 Å². The van der Waals surface area contributed by atoms with Gasteiger partial charge in [0, 0.05) is 11.6 Å². The average Bonchev–Trinajstić information content (AvgIpc) is 3.08. The Morgan fingerprint density at radius 3 is 2.44 bits per heavy atom. The predicted molar refractivity (Wildman–Crippen MR) is 124 cm³/mol. The smallest absolute Gasteiger partial charge is 0.295 e. The number of carbonyl (C=O) groups is 2. The molecule has 1 amide bonds. The number of ether oxygens (including phenoxy) is 1. The average molecular weight is 434 g/mol. The van der Waals surface area contributed by atoms with Crippen LogP contribution in [0, 0.1) is 6.92 Å². The number of benzene rings is 2. The Bertz CT molecular complexity index is 1020. The maximum absolute atomic E-state index is 13.2. The second-order valence-corrected chi connectivity index (χ2v) is 8.79. The van der Waals surface area contributed by atoms with Crippen molar-refractivity contribution in [3.05, 3.63) is 70.8 Å². The summed E-state index contributed by atoms with van der Waals surface area (Å²) in [5.41, 5.74) is 2.59. The molecule has 1 N–H and O–H groups in total. The van der Waals surface area contributed by atoms with Crippen LogP contribution < -0.4 is 4.74 Å². The first kappa shape index (κ1) is 22.1. The molecule has 1 atom stereocenters. The maximum atomic E-state index is 13.2. The molecular formula is C27H31NO4. The lowest BCUT2D eigenvalue weighted by atomic mass is 9.90. The van der Waals surface area contributed by atoms with E-state index < -0.39 is 17.7 Å². The Kier molecular flexibility index (Phi) is 6.63. The van der Waals surface area contributed by atoms with E-state index in [2.05, 4.69) is 0 Å². The normalized spacial score (nSPS) is 21.2. The van der Waals surface area contributed by atoms with Crippen LogP contribution in [-0.4, -0.2) is 34.3 Å². The summed E-state index contributed by atoms with van der Waals surface area (Å²) in [5, 5.41) is 11.2. The minimum absolute atomic E-state index is 0.0147. The van der Waals surface area contributed by atoms with Crippen LogP contribution in [0.2, 0.25) is 0 Å². The molecular weight excluding hydrogens is 402 g/mol. The summed E-state index contributed by atoms with van der Waals surface area (Å²) < 4.78 is 5.63. The minimum Gasteiger partial charge on any atom is -0.507 e. The molecule has 1 heterocycles. The van der Waals surface area contributed by atoms with E-state index >= 15 is 0 Å². The van der Waals surface area contributed by atoms with Crippen molar-refractivity contribution in [1.29, 1.82) is 0 Å². The molecule has 32 heavy (non-hydrogen) atoms. The molecule has 4 rings (SSSR count). The highest BCUT2D eigenvalue weighted by atomic mass is 16.5. The van der Waals surface area contributed by atoms with Crippen LogP contribution in [-0.2, 0) is 9.59 Å². The van der Waals surface area contributed by atoms with E-state index in [0.717, 1.165) is 49.7 Å². The second-order valence-electron chi connectivity index (χ2n) is 8.79. The number of aliphatic hydroxyl groups is 1. The molecule has 0 radical (unpaired) electrons. The van der Waals surface area contributed by atoms with E-state index in [1.807, 2.05) is 38.1 Å². The Morgan fingerprint density at radius 2 is 1.78 bits per heavy atom. The van der Waals surface area contributed by atoms with Crippen molar-refractivity contribution in [3.63, 3.8) is 0 Å². The highest BCUT2D eigenvalue weighted by Gasteiger charge is 2.48. The number of aliphatic hydroxyl groups excluding tert-OH is 1. The van der Waals surface area contributed by atoms with Crippen molar-refractivity contribution < 1.29 is 19.4 Å². The molecule has 5 heteroatoms. The van der Waals surface area contributed by atoms with E-state index in [4.69, 9.17) is 4.74 Å². The number of carbonyl (C=O) groups excluding carboxylic acids is 2. The molecule has 2 aromatic carbocycles. The second kappa shape index (κ2) is 9.60. The highest BCUT2D eigenvalue weighted by molar-refractivity contribution is 6.46. The summed E-state index contributed by atoms with van der Waals surface area (Å²) >= 11 is 0. The number of ketones is 1. The van der Waals surface area contributed by atoms with Crippen LogP contribution in [0.4, 0.5) is 0 Å². The van der Waals surface area contributed by atoms with Gasteiger partial charge in [0.2, 0.25) is 0 Å². The topological polar surface area (TPSA) is 66.8 Å². The zero-order valence-electron chi connectivity index (χ0n) is 18.8. The molecule has 1 aliphatic carbocycles. The van der Waals surface area contributed by atoms with E-state index in [1.165, 1.54) is 0 Å². The van der Waals surface area contributed by atoms with Crippen molar-refractivity contribution in [2.75, 3.05) is 6.61 Å². The van der Waals surface area contributed by atoms with Gasteiger partial charge in [0.05, 0.1) is 18.2 Å². The zero-order valence-corrected chi connectivity index (χ0v) is 18.8. The Labute approximate surface area is 189 Å². The lowest BCUT2D eigenvalue weighted by Crippen LogP contribution is -2.40. The van der Waals surface area contributed by atoms with Crippen molar-refractivity contribution in [2.24, 2.45) is 0 Å². The number of rotatable bonds is 6. The molecule has 0 spiro atoms. The number of likely N-dealkylation sites (tertiary alicyclic amines) is 1. The highest BCUT2D eigenvalue weighted by Crippen LogP contribution is 2.43. The molecule has 5 nitrogen and oxygen atoms in total. The standard InChI is InChI=1S/C27H31NO4/c1-3-16-32-22-14-12-19(13-15-22)25(29)23-24(20-9-7-8-18(2)17-20)28(27(31)26(23)30)21-10-5-4-6-11-21/h7-9,12-15,17,21,24,29H,3-6,10-11,16H2,1-2H3/b25-23-. The van der Waals surface area contributed by atoms with Crippen LogP contribution in [0.1, 0.15) is 68.2 Å². The van der Waals surface area contributed by atoms with Crippen molar-refractivity contribution in [3.8, 4) is 5.75 Å². The number of hydrogen-bond donors (Lipinski definition) is 1. The van der Waals surface area contributed by atoms with Gasteiger partial charge in [-0.05, 0) is 56.0 Å². The molecule has 1 saturated carbocycles. The quantitative estimate of drug-likeness (QED) is 0.369. The van der Waals surface area contributed by atoms with E-state index in [0.29, 0.717) is 17.9 Å². The van der Waals surface area contributed by atoms with Crippen molar-refractivity contribution in [2.45, 2.75) is 64.5 Å². The summed E-state index contributed by atoms with van der Waals surface area (Å²) in [4.78, 5) is 28.2. The third kappa shape index (κ3) is 4.29. The summed E-state index contributed by atoms with van der Waals surface area (Å²) in [6, 6.07) is 14.3. The van der Waals surface area contributed by atoms with Gasteiger partial charge >= 0.3 is 0 Å². The van der Waals surface area contributed by atoms with Crippen molar-refractivity contribution >= 4 is 17.4 Å². The van der Waals surface area contributed by atoms with Gasteiger partial charge in [-0.1, -0.05) is 56.0 Å². The SMILES string of the molecule is CCCOc1ccc(/C(O)=C2/C(=O)C(=O)N(C3CCCCC3)C2c2cccc(C)c2)cc1. The van der Waals surface area contributed by atoms with E-state index in [1.54, 1.807) is 29.2 Å². The number of Topliss-reactive ketones (excluding diaryl/α,β-unsaturated/α-hetero) is 1. The third-order valence-electron chi connectivity index (χ3n) is 6.41. The molecule has 168 valence electrons. The molecule has 2 aromatic rings. The Morgan fingerprint density at radius 1 is 1.06 bits per heavy atom. The molecule has 2 aliphatic rings. The van der Waals surface area contributed by atoms with Gasteiger partial charge < -0.3 is 14.7 Å². The first-order valence-corrected chi connectivity index (χ1v) is 11.6. The monoisotopic (exact) mass is 433 g/mol. The number of nitrogens with zero attached hydrogens (tertiary/aromatic N) is 1. The molecule has 1 unspecified atom stereocenters. The van der Waals surface area contributed by atoms with Gasteiger partial charge in [0.15, 0.2) is 0 Å². The molecule has 0 aromatic heterocycles. The predicted octanol–water partition coefficient (Wildman–Crippen LogP) is 5.54. The lowest BCUT2D eigenvalue weighted by molar-refractivity contribution is -0.141. The van der Waals surface area contributed by atoms with Crippen LogP contribution in [0.15, 0.2) is 54.1 Å². The molecule has 1 aliphatic heterocycles. The first-order valence-electron chi connectivity index (χ1n) is 11.6. The largest absolute Gasteiger partial charge is 0.507 e. The molecule has 2 fully saturated rings. The fourth-order valence-electron chi connectivity index (χ4n) is 4.84.